The lowest BCUT2D eigenvalue weighted by molar-refractivity contribution is -0.141. The van der Waals surface area contributed by atoms with Crippen molar-refractivity contribution in [2.45, 2.75) is 75.2 Å². The highest BCUT2D eigenvalue weighted by Crippen LogP contribution is 2.55. The van der Waals surface area contributed by atoms with Gasteiger partial charge in [0.1, 0.15) is 23.1 Å². The summed E-state index contributed by atoms with van der Waals surface area (Å²) >= 11 is 0. The standard InChI is InChI=1S/C35H42N4O5/c40-32(36-25-14-16-27(17-15-25)43-26-12-6-2-7-13-26)29-28-18-19-35(44-28)30(29)34(42)39(23-22-38-20-8-3-9-21-38)31(35)33(41)37-24-10-4-1-5-11-24/h2,6-7,12-19,24,28-31H,1,3-5,8-11,20-23H2,(H,36,40)(H,37,41). The highest BCUT2D eigenvalue weighted by Gasteiger charge is 2.72. The molecule has 4 heterocycles. The summed E-state index contributed by atoms with van der Waals surface area (Å²) in [6, 6.07) is 16.0. The first-order chi connectivity index (χ1) is 21.5. The summed E-state index contributed by atoms with van der Waals surface area (Å²) in [6.45, 7) is 3.17. The molecule has 5 atom stereocenters. The van der Waals surface area contributed by atoms with E-state index in [1.165, 1.54) is 12.8 Å². The van der Waals surface area contributed by atoms with Gasteiger partial charge in [-0.2, -0.15) is 0 Å². The molecule has 0 radical (unpaired) electrons. The van der Waals surface area contributed by atoms with Gasteiger partial charge in [0.15, 0.2) is 0 Å². The van der Waals surface area contributed by atoms with Crippen molar-refractivity contribution < 1.29 is 23.9 Å². The zero-order chi connectivity index (χ0) is 30.1. The van der Waals surface area contributed by atoms with Gasteiger partial charge in [-0.15, -0.1) is 0 Å². The lowest BCUT2D eigenvalue weighted by Crippen LogP contribution is -2.57. The fraction of sp³-hybridized carbons (Fsp3) is 0.514. The topological polar surface area (TPSA) is 100 Å². The largest absolute Gasteiger partial charge is 0.457 e. The van der Waals surface area contributed by atoms with Crippen LogP contribution < -0.4 is 15.4 Å². The number of carbonyl (C=O) groups is 3. The number of amides is 3. The fourth-order valence-electron chi connectivity index (χ4n) is 7.92. The summed E-state index contributed by atoms with van der Waals surface area (Å²) in [5.41, 5.74) is -0.534. The highest BCUT2D eigenvalue weighted by atomic mass is 16.5. The first-order valence-electron chi connectivity index (χ1n) is 16.4. The van der Waals surface area contributed by atoms with E-state index in [0.717, 1.165) is 57.4 Å². The molecule has 9 nitrogen and oxygen atoms in total. The van der Waals surface area contributed by atoms with E-state index in [1.54, 1.807) is 29.2 Å². The van der Waals surface area contributed by atoms with Gasteiger partial charge >= 0.3 is 0 Å². The van der Waals surface area contributed by atoms with Crippen molar-refractivity contribution in [2.75, 3.05) is 31.5 Å². The van der Waals surface area contributed by atoms with Crippen LogP contribution in [0.3, 0.4) is 0 Å². The minimum atomic E-state index is -1.14. The fourth-order valence-corrected chi connectivity index (χ4v) is 7.92. The number of likely N-dealkylation sites (tertiary alicyclic amines) is 2. The van der Waals surface area contributed by atoms with Crippen LogP contribution in [-0.2, 0) is 19.1 Å². The SMILES string of the molecule is O=C(Nc1ccc(Oc2ccccc2)cc1)C1C2C=CC3(O2)C1C(=O)N(CCN1CCCCC1)C3C(=O)NC1CCCCC1. The average molecular weight is 599 g/mol. The molecule has 7 rings (SSSR count). The van der Waals surface area contributed by atoms with Gasteiger partial charge in [-0.3, -0.25) is 14.4 Å². The van der Waals surface area contributed by atoms with Crippen molar-refractivity contribution in [3.8, 4) is 11.5 Å². The first kappa shape index (κ1) is 29.0. The normalized spacial score (nSPS) is 29.9. The molecule has 5 aliphatic rings. The van der Waals surface area contributed by atoms with E-state index in [9.17, 15) is 14.4 Å². The van der Waals surface area contributed by atoms with E-state index in [2.05, 4.69) is 15.5 Å². The number of nitrogens with one attached hydrogen (secondary N) is 2. The molecule has 44 heavy (non-hydrogen) atoms. The van der Waals surface area contributed by atoms with Gasteiger partial charge in [0.05, 0.1) is 17.9 Å². The molecule has 1 spiro atoms. The van der Waals surface area contributed by atoms with E-state index >= 15 is 0 Å². The maximum Gasteiger partial charge on any atom is 0.246 e. The summed E-state index contributed by atoms with van der Waals surface area (Å²) in [5, 5.41) is 6.28. The number of rotatable bonds is 9. The molecule has 4 fully saturated rings. The molecule has 1 saturated carbocycles. The number of anilines is 1. The predicted octanol–water partition coefficient (Wildman–Crippen LogP) is 4.50. The molecule has 9 heteroatoms. The molecule has 2 aromatic carbocycles. The van der Waals surface area contributed by atoms with E-state index < -0.39 is 29.6 Å². The minimum absolute atomic E-state index is 0.112. The molecule has 5 unspecified atom stereocenters. The Morgan fingerprint density at radius 3 is 2.32 bits per heavy atom. The molecule has 0 aromatic heterocycles. The molecule has 2 aromatic rings. The van der Waals surface area contributed by atoms with E-state index in [-0.39, 0.29) is 23.8 Å². The zero-order valence-electron chi connectivity index (χ0n) is 25.2. The highest BCUT2D eigenvalue weighted by molar-refractivity contribution is 6.02. The third-order valence-corrected chi connectivity index (χ3v) is 10.1. The van der Waals surface area contributed by atoms with Crippen LogP contribution in [0.4, 0.5) is 5.69 Å². The summed E-state index contributed by atoms with van der Waals surface area (Å²) in [5.74, 6) is -0.690. The summed E-state index contributed by atoms with van der Waals surface area (Å²) in [7, 11) is 0. The quantitative estimate of drug-likeness (QED) is 0.413. The third-order valence-electron chi connectivity index (χ3n) is 10.1. The Labute approximate surface area is 258 Å². The van der Waals surface area contributed by atoms with Gasteiger partial charge in [0.2, 0.25) is 17.7 Å². The monoisotopic (exact) mass is 598 g/mol. The summed E-state index contributed by atoms with van der Waals surface area (Å²) < 4.78 is 12.4. The van der Waals surface area contributed by atoms with Crippen molar-refractivity contribution in [1.82, 2.24) is 15.1 Å². The van der Waals surface area contributed by atoms with Gasteiger partial charge in [-0.25, -0.2) is 0 Å². The van der Waals surface area contributed by atoms with E-state index in [0.29, 0.717) is 24.5 Å². The second kappa shape index (κ2) is 12.4. The lowest BCUT2D eigenvalue weighted by Gasteiger charge is -2.35. The second-order valence-corrected chi connectivity index (χ2v) is 12.9. The lowest BCUT2D eigenvalue weighted by atomic mass is 9.74. The maximum absolute atomic E-state index is 14.3. The number of piperidine rings is 1. The molecule has 2 N–H and O–H groups in total. The molecular weight excluding hydrogens is 556 g/mol. The van der Waals surface area contributed by atoms with E-state index in [1.807, 2.05) is 42.5 Å². The van der Waals surface area contributed by atoms with Crippen LogP contribution in [0.25, 0.3) is 0 Å². The number of carbonyl (C=O) groups excluding carboxylic acids is 3. The Morgan fingerprint density at radius 1 is 0.864 bits per heavy atom. The van der Waals surface area contributed by atoms with Crippen LogP contribution in [-0.4, -0.2) is 77.5 Å². The Hall–Kier alpha value is -3.69. The number of ether oxygens (including phenoxy) is 2. The Balaban J connectivity index is 1.09. The van der Waals surface area contributed by atoms with Crippen molar-refractivity contribution in [3.63, 3.8) is 0 Å². The van der Waals surface area contributed by atoms with Gasteiger partial charge in [0.25, 0.3) is 0 Å². The van der Waals surface area contributed by atoms with Crippen LogP contribution in [0, 0.1) is 11.8 Å². The predicted molar refractivity (Wildman–Crippen MR) is 166 cm³/mol. The van der Waals surface area contributed by atoms with E-state index in [4.69, 9.17) is 9.47 Å². The summed E-state index contributed by atoms with van der Waals surface area (Å²) in [6.07, 6.45) is 12.0. The van der Waals surface area contributed by atoms with Crippen molar-refractivity contribution >= 4 is 23.4 Å². The number of para-hydroxylation sites is 1. The number of hydrogen-bond acceptors (Lipinski definition) is 6. The number of fused-ring (bicyclic) bond motifs is 1. The number of benzene rings is 2. The molecular formula is C35H42N4O5. The van der Waals surface area contributed by atoms with Gasteiger partial charge < -0.3 is 29.9 Å². The summed E-state index contributed by atoms with van der Waals surface area (Å²) in [4.78, 5) is 46.2. The molecule has 1 aliphatic carbocycles. The van der Waals surface area contributed by atoms with Crippen LogP contribution in [0.1, 0.15) is 51.4 Å². The Bertz CT molecular complexity index is 1390. The van der Waals surface area contributed by atoms with Crippen molar-refractivity contribution in [1.29, 1.82) is 0 Å². The van der Waals surface area contributed by atoms with Gasteiger partial charge in [-0.05, 0) is 75.2 Å². The molecule has 3 amide bonds. The number of hydrogen-bond donors (Lipinski definition) is 2. The maximum atomic E-state index is 14.3. The zero-order valence-corrected chi connectivity index (χ0v) is 25.2. The molecule has 4 aliphatic heterocycles. The Morgan fingerprint density at radius 2 is 1.57 bits per heavy atom. The average Bonchev–Trinajstić information content (AvgIpc) is 3.69. The van der Waals surface area contributed by atoms with Gasteiger partial charge in [-0.1, -0.05) is 56.0 Å². The number of nitrogens with zero attached hydrogens (tertiary/aromatic N) is 2. The van der Waals surface area contributed by atoms with Crippen LogP contribution >= 0.6 is 0 Å². The van der Waals surface area contributed by atoms with Crippen LogP contribution in [0.5, 0.6) is 11.5 Å². The minimum Gasteiger partial charge on any atom is -0.457 e. The Kier molecular flexibility index (Phi) is 8.16. The smallest absolute Gasteiger partial charge is 0.246 e. The third kappa shape index (κ3) is 5.52. The van der Waals surface area contributed by atoms with Gasteiger partial charge in [0, 0.05) is 24.8 Å². The van der Waals surface area contributed by atoms with Crippen LogP contribution in [0.15, 0.2) is 66.7 Å². The molecule has 232 valence electrons. The van der Waals surface area contributed by atoms with Crippen LogP contribution in [0.2, 0.25) is 0 Å². The molecule has 2 bridgehead atoms. The second-order valence-electron chi connectivity index (χ2n) is 12.9. The first-order valence-corrected chi connectivity index (χ1v) is 16.4. The van der Waals surface area contributed by atoms with Crippen molar-refractivity contribution in [2.24, 2.45) is 11.8 Å². The van der Waals surface area contributed by atoms with Crippen molar-refractivity contribution in [3.05, 3.63) is 66.7 Å². The molecule has 3 saturated heterocycles.